The van der Waals surface area contributed by atoms with Gasteiger partial charge in [-0.25, -0.2) is 0 Å². The fraction of sp³-hybridized carbons (Fsp3) is 0.926. The van der Waals surface area contributed by atoms with Crippen molar-refractivity contribution in [2.75, 3.05) is 0 Å². The minimum Gasteiger partial charge on any atom is -0.390 e. The Hall–Kier alpha value is -0.340. The van der Waals surface area contributed by atoms with Crippen molar-refractivity contribution in [3.63, 3.8) is 0 Å². The van der Waals surface area contributed by atoms with E-state index in [0.29, 0.717) is 24.2 Å². The van der Waals surface area contributed by atoms with Gasteiger partial charge in [0.25, 0.3) is 0 Å². The third-order valence-corrected chi connectivity index (χ3v) is 9.32. The fourth-order valence-corrected chi connectivity index (χ4v) is 7.75. The Morgan fingerprint density at radius 2 is 1.93 bits per heavy atom. The maximum absolute atomic E-state index is 11.1. The quantitative estimate of drug-likeness (QED) is 0.519. The van der Waals surface area contributed by atoms with Gasteiger partial charge in [0, 0.05) is 5.48 Å². The molecule has 29 heavy (non-hydrogen) atoms. The molecular formula is C27H46O2. The number of fused-ring (bicyclic) bond motifs is 5. The van der Waals surface area contributed by atoms with Crippen molar-refractivity contribution in [2.45, 2.75) is 111 Å². The van der Waals surface area contributed by atoms with Crippen LogP contribution in [0.1, 0.15) is 108 Å². The maximum Gasteiger partial charge on any atom is 0.101 e. The van der Waals surface area contributed by atoms with Crippen molar-refractivity contribution in [1.82, 2.24) is 0 Å². The van der Waals surface area contributed by atoms with Gasteiger partial charge in [-0.1, -0.05) is 59.9 Å². The van der Waals surface area contributed by atoms with Gasteiger partial charge < -0.3 is 10.2 Å². The van der Waals surface area contributed by atoms with Crippen LogP contribution in [0.2, 0.25) is 0 Å². The van der Waals surface area contributed by atoms with E-state index in [-0.39, 0.29) is 41.2 Å². The summed E-state index contributed by atoms with van der Waals surface area (Å²) in [5.41, 5.74) is -1.89. The molecule has 0 radical (unpaired) electrons. The smallest absolute Gasteiger partial charge is 0.101 e. The van der Waals surface area contributed by atoms with Crippen molar-refractivity contribution in [3.05, 3.63) is 11.6 Å². The molecule has 0 unspecified atom stereocenters. The Balaban J connectivity index is 1.73. The lowest BCUT2D eigenvalue weighted by Gasteiger charge is -2.59. The van der Waals surface area contributed by atoms with Crippen LogP contribution in [0.25, 0.3) is 0 Å². The highest BCUT2D eigenvalue weighted by atomic mass is 16.3. The lowest BCUT2D eigenvalue weighted by Crippen LogP contribution is -2.53. The average Bonchev–Trinajstić information content (AvgIpc) is 3.09. The second-order valence-electron chi connectivity index (χ2n) is 11.3. The van der Waals surface area contributed by atoms with Gasteiger partial charge in [0.15, 0.2) is 0 Å². The summed E-state index contributed by atoms with van der Waals surface area (Å²) >= 11 is 0. The molecule has 4 aliphatic rings. The summed E-state index contributed by atoms with van der Waals surface area (Å²) in [4.78, 5) is 0. The van der Waals surface area contributed by atoms with Crippen molar-refractivity contribution < 1.29 is 19.8 Å². The molecule has 166 valence electrons. The van der Waals surface area contributed by atoms with Gasteiger partial charge in [-0.15, -0.1) is 0 Å². The van der Waals surface area contributed by atoms with E-state index in [4.69, 9.17) is 9.60 Å². The van der Waals surface area contributed by atoms with E-state index in [0.717, 1.165) is 19.3 Å². The second kappa shape index (κ2) is 7.97. The van der Waals surface area contributed by atoms with Crippen molar-refractivity contribution in [3.8, 4) is 0 Å². The molecule has 0 heterocycles. The third-order valence-electron chi connectivity index (χ3n) is 9.32. The summed E-state index contributed by atoms with van der Waals surface area (Å²) < 4.78 is 60.5. The van der Waals surface area contributed by atoms with E-state index in [2.05, 4.69) is 27.7 Å². The highest BCUT2D eigenvalue weighted by molar-refractivity contribution is 5.29. The molecule has 2 N–H and O–H groups in total. The SMILES string of the molecule is [2H]C1=C2[C@@](C)([C@H]3CC[C@]4(C)[C@@H]([C@H](C)CCCC(C)C)CC[C@H]4[C@@H]3C1)C([2H])([2H])C([2H])([2H])[C@]([2H])(O)[C@]2([2H])O. The number of aliphatic hydroxyl groups is 2. The van der Waals surface area contributed by atoms with Gasteiger partial charge in [-0.05, 0) is 96.8 Å². The Morgan fingerprint density at radius 1 is 1.17 bits per heavy atom. The standard InChI is InChI=1S/C27H46O2/c1-17(2)7-6-8-18(3)20-11-12-21-19-9-10-23-25(29)24(28)14-16-27(23,5)22(19)13-15-26(20,21)4/h10,17-22,24-25,28-29H,6-9,11-16H2,1-5H3/t18-,19+,20-,21+,22+,24+,25-,26-,27-/m1/s1/i10D,14D2,16D2,24D,25D. The molecule has 0 spiro atoms. The van der Waals surface area contributed by atoms with Gasteiger partial charge in [0.2, 0.25) is 0 Å². The zero-order chi connectivity index (χ0) is 27.3. The van der Waals surface area contributed by atoms with Gasteiger partial charge in [-0.3, -0.25) is 0 Å². The van der Waals surface area contributed by atoms with Crippen LogP contribution in [0.4, 0.5) is 0 Å². The monoisotopic (exact) mass is 409 g/mol. The van der Waals surface area contributed by atoms with Crippen molar-refractivity contribution in [1.29, 1.82) is 0 Å². The first kappa shape index (κ1) is 14.7. The molecule has 0 amide bonds. The number of rotatable bonds is 5. The Labute approximate surface area is 189 Å². The Bertz CT molecular complexity index is 914. The second-order valence-corrected chi connectivity index (χ2v) is 11.3. The molecule has 0 aromatic carbocycles. The highest BCUT2D eigenvalue weighted by Gasteiger charge is 2.60. The molecule has 0 aromatic rings. The van der Waals surface area contributed by atoms with Crippen LogP contribution < -0.4 is 0 Å². The number of allylic oxidation sites excluding steroid dienone is 1. The summed E-state index contributed by atoms with van der Waals surface area (Å²) in [5, 5.41) is 21.8. The van der Waals surface area contributed by atoms with Crippen LogP contribution in [0, 0.1) is 46.3 Å². The van der Waals surface area contributed by atoms with Crippen molar-refractivity contribution in [2.24, 2.45) is 46.3 Å². The molecule has 0 saturated heterocycles. The van der Waals surface area contributed by atoms with Crippen LogP contribution in [-0.2, 0) is 0 Å². The molecule has 4 rings (SSSR count). The van der Waals surface area contributed by atoms with E-state index in [9.17, 15) is 10.2 Å². The topological polar surface area (TPSA) is 40.5 Å². The first-order valence-corrected chi connectivity index (χ1v) is 12.0. The van der Waals surface area contributed by atoms with Crippen LogP contribution in [0.3, 0.4) is 0 Å². The predicted molar refractivity (Wildman–Crippen MR) is 120 cm³/mol. The van der Waals surface area contributed by atoms with E-state index >= 15 is 0 Å². The van der Waals surface area contributed by atoms with Gasteiger partial charge in [-0.2, -0.15) is 0 Å². The van der Waals surface area contributed by atoms with Gasteiger partial charge in [0.05, 0.1) is 10.2 Å². The van der Waals surface area contributed by atoms with Gasteiger partial charge >= 0.3 is 0 Å². The number of hydrogen-bond acceptors (Lipinski definition) is 2. The highest BCUT2D eigenvalue weighted by Crippen LogP contribution is 2.67. The molecule has 2 heteroatoms. The summed E-state index contributed by atoms with van der Waals surface area (Å²) in [5.74, 6) is 1.70. The van der Waals surface area contributed by atoms with E-state index in [1.807, 2.05) is 0 Å². The Kier molecular flexibility index (Phi) is 4.03. The molecule has 4 aliphatic carbocycles. The van der Waals surface area contributed by atoms with Crippen LogP contribution >= 0.6 is 0 Å². The lowest BCUT2D eigenvalue weighted by molar-refractivity contribution is -0.0801. The molecule has 0 aliphatic heterocycles. The van der Waals surface area contributed by atoms with Crippen LogP contribution in [0.5, 0.6) is 0 Å². The normalized spacial score (nSPS) is 60.3. The first-order valence-electron chi connectivity index (χ1n) is 15.5. The molecule has 9 atom stereocenters. The van der Waals surface area contributed by atoms with E-state index < -0.39 is 30.3 Å². The molecule has 3 saturated carbocycles. The summed E-state index contributed by atoms with van der Waals surface area (Å²) in [6, 6.07) is -0.0982. The van der Waals surface area contributed by atoms with Crippen LogP contribution in [0.15, 0.2) is 11.6 Å². The van der Waals surface area contributed by atoms with E-state index in [1.54, 1.807) is 6.92 Å². The zero-order valence-electron chi connectivity index (χ0n) is 26.0. The maximum atomic E-state index is 11.1. The molecule has 0 aromatic heterocycles. The summed E-state index contributed by atoms with van der Waals surface area (Å²) in [6.07, 6.45) is -4.98. The predicted octanol–water partition coefficient (Wildman–Crippen LogP) is 6.36. The minimum absolute atomic E-state index is 0.0449. The molecule has 0 bridgehead atoms. The van der Waals surface area contributed by atoms with Crippen LogP contribution in [-0.4, -0.2) is 22.4 Å². The average molecular weight is 410 g/mol. The largest absolute Gasteiger partial charge is 0.390 e. The van der Waals surface area contributed by atoms with Gasteiger partial charge in [0.1, 0.15) is 6.08 Å². The van der Waals surface area contributed by atoms with E-state index in [1.165, 1.54) is 19.3 Å². The Morgan fingerprint density at radius 3 is 2.66 bits per heavy atom. The first-order chi connectivity index (χ1) is 16.3. The fourth-order valence-electron chi connectivity index (χ4n) is 7.75. The molecular weight excluding hydrogens is 356 g/mol. The minimum atomic E-state index is -3.44. The molecule has 2 nitrogen and oxygen atoms in total. The lowest BCUT2D eigenvalue weighted by atomic mass is 9.46. The summed E-state index contributed by atoms with van der Waals surface area (Å²) in [6.45, 7) is 10.8. The third kappa shape index (κ3) is 3.55. The zero-order valence-corrected chi connectivity index (χ0v) is 19.0. The number of hydrogen-bond donors (Lipinski definition) is 2. The van der Waals surface area contributed by atoms with Crippen molar-refractivity contribution >= 4 is 0 Å². The summed E-state index contributed by atoms with van der Waals surface area (Å²) in [7, 11) is 0. The molecule has 3 fully saturated rings.